The third-order valence-electron chi connectivity index (χ3n) is 5.41. The van der Waals surface area contributed by atoms with Gasteiger partial charge in [-0.2, -0.15) is 9.61 Å². The van der Waals surface area contributed by atoms with Crippen molar-refractivity contribution >= 4 is 11.5 Å². The molecule has 1 aromatic carbocycles. The molecule has 1 fully saturated rings. The molecule has 0 spiro atoms. The Labute approximate surface area is 166 Å². The second kappa shape index (κ2) is 8.71. The van der Waals surface area contributed by atoms with Gasteiger partial charge < -0.3 is 15.0 Å². The van der Waals surface area contributed by atoms with Crippen molar-refractivity contribution in [3.63, 3.8) is 0 Å². The molecule has 0 unspecified atom stereocenters. The first-order valence-corrected chi connectivity index (χ1v) is 10.1. The van der Waals surface area contributed by atoms with Gasteiger partial charge >= 0.3 is 0 Å². The van der Waals surface area contributed by atoms with Crippen LogP contribution in [0.15, 0.2) is 42.5 Å². The third-order valence-corrected chi connectivity index (χ3v) is 5.41. The maximum atomic E-state index is 5.24. The predicted molar refractivity (Wildman–Crippen MR) is 113 cm³/mol. The van der Waals surface area contributed by atoms with Crippen LogP contribution >= 0.6 is 0 Å². The lowest BCUT2D eigenvalue weighted by Crippen LogP contribution is -2.39. The van der Waals surface area contributed by atoms with Crippen LogP contribution in [0.5, 0.6) is 0 Å². The van der Waals surface area contributed by atoms with E-state index in [0.29, 0.717) is 5.92 Å². The highest BCUT2D eigenvalue weighted by Gasteiger charge is 2.20. The normalized spacial score (nSPS) is 17.9. The van der Waals surface area contributed by atoms with Crippen LogP contribution in [-0.4, -0.2) is 59.4 Å². The Balaban J connectivity index is 1.53. The zero-order chi connectivity index (χ0) is 19.3. The minimum Gasteiger partial charge on any atom is -0.383 e. The fourth-order valence-corrected chi connectivity index (χ4v) is 3.96. The summed E-state index contributed by atoms with van der Waals surface area (Å²) in [6.45, 7) is 7.07. The molecular formula is C22H29N5O. The summed E-state index contributed by atoms with van der Waals surface area (Å²) in [6.07, 6.45) is 2.51. The van der Waals surface area contributed by atoms with E-state index < -0.39 is 0 Å². The summed E-state index contributed by atoms with van der Waals surface area (Å²) in [5.41, 5.74) is 3.95. The van der Waals surface area contributed by atoms with Crippen molar-refractivity contribution in [3.8, 4) is 11.3 Å². The van der Waals surface area contributed by atoms with Crippen molar-refractivity contribution in [2.24, 2.45) is 5.92 Å². The first-order valence-electron chi connectivity index (χ1n) is 10.1. The van der Waals surface area contributed by atoms with Crippen molar-refractivity contribution in [2.75, 3.05) is 45.2 Å². The van der Waals surface area contributed by atoms with E-state index in [-0.39, 0.29) is 0 Å². The van der Waals surface area contributed by atoms with Crippen molar-refractivity contribution in [3.05, 3.63) is 48.2 Å². The van der Waals surface area contributed by atoms with Gasteiger partial charge in [0, 0.05) is 44.4 Å². The van der Waals surface area contributed by atoms with Gasteiger partial charge in [0.2, 0.25) is 0 Å². The SMILES string of the molecule is COCCN1CCC[C@@H](CNc2cc(-c3ccccc3)nc3cc(C)nn23)C1. The molecule has 0 radical (unpaired) electrons. The number of aryl methyl sites for hydroxylation is 1. The summed E-state index contributed by atoms with van der Waals surface area (Å²) in [7, 11) is 1.77. The second-order valence-electron chi connectivity index (χ2n) is 7.63. The number of fused-ring (bicyclic) bond motifs is 1. The zero-order valence-electron chi connectivity index (χ0n) is 16.8. The third kappa shape index (κ3) is 4.34. The number of ether oxygens (including phenoxy) is 1. The van der Waals surface area contributed by atoms with Crippen LogP contribution in [0.25, 0.3) is 16.9 Å². The minimum absolute atomic E-state index is 0.630. The number of nitrogens with zero attached hydrogens (tertiary/aromatic N) is 4. The summed E-state index contributed by atoms with van der Waals surface area (Å²) in [5, 5.41) is 8.29. The van der Waals surface area contributed by atoms with Gasteiger partial charge in [-0.15, -0.1) is 0 Å². The van der Waals surface area contributed by atoms with Crippen LogP contribution in [0, 0.1) is 12.8 Å². The highest BCUT2D eigenvalue weighted by atomic mass is 16.5. The van der Waals surface area contributed by atoms with Gasteiger partial charge in [0.25, 0.3) is 0 Å². The van der Waals surface area contributed by atoms with E-state index >= 15 is 0 Å². The van der Waals surface area contributed by atoms with Gasteiger partial charge in [0.15, 0.2) is 5.65 Å². The molecule has 6 heteroatoms. The van der Waals surface area contributed by atoms with Crippen LogP contribution in [0.3, 0.4) is 0 Å². The number of likely N-dealkylation sites (tertiary alicyclic amines) is 1. The lowest BCUT2D eigenvalue weighted by atomic mass is 9.98. The van der Waals surface area contributed by atoms with E-state index in [0.717, 1.165) is 54.7 Å². The van der Waals surface area contributed by atoms with E-state index in [1.807, 2.05) is 35.7 Å². The Morgan fingerprint density at radius 1 is 1.21 bits per heavy atom. The van der Waals surface area contributed by atoms with Crippen molar-refractivity contribution in [1.82, 2.24) is 19.5 Å². The van der Waals surface area contributed by atoms with Gasteiger partial charge in [-0.3, -0.25) is 0 Å². The summed E-state index contributed by atoms with van der Waals surface area (Å²) in [4.78, 5) is 7.31. The molecule has 0 aliphatic carbocycles. The van der Waals surface area contributed by atoms with Crippen LogP contribution < -0.4 is 5.32 Å². The molecule has 1 atom stereocenters. The highest BCUT2D eigenvalue weighted by molar-refractivity contribution is 5.66. The number of benzene rings is 1. The molecule has 0 bridgehead atoms. The zero-order valence-corrected chi connectivity index (χ0v) is 16.8. The fraction of sp³-hybridized carbons (Fsp3) is 0.455. The number of hydrogen-bond acceptors (Lipinski definition) is 5. The average molecular weight is 380 g/mol. The monoisotopic (exact) mass is 379 g/mol. The van der Waals surface area contributed by atoms with Crippen LogP contribution in [-0.2, 0) is 4.74 Å². The smallest absolute Gasteiger partial charge is 0.158 e. The lowest BCUT2D eigenvalue weighted by Gasteiger charge is -2.32. The molecule has 148 valence electrons. The number of aromatic nitrogens is 3. The number of rotatable bonds is 7. The van der Waals surface area contributed by atoms with Crippen molar-refractivity contribution < 1.29 is 4.74 Å². The number of anilines is 1. The van der Waals surface area contributed by atoms with Gasteiger partial charge in [-0.05, 0) is 32.2 Å². The first kappa shape index (κ1) is 18.9. The molecule has 2 aromatic heterocycles. The Morgan fingerprint density at radius 2 is 2.07 bits per heavy atom. The number of piperidine rings is 1. The van der Waals surface area contributed by atoms with Crippen LogP contribution in [0.4, 0.5) is 5.82 Å². The standard InChI is InChI=1S/C22H29N5O/c1-17-13-22-24-20(19-8-4-3-5-9-19)14-21(27(22)25-17)23-15-18-7-6-10-26(16-18)11-12-28-2/h3-5,8-9,13-14,18,23H,6-7,10-12,15-16H2,1-2H3/t18-/m0/s1. The summed E-state index contributed by atoms with van der Waals surface area (Å²) >= 11 is 0. The maximum Gasteiger partial charge on any atom is 0.158 e. The first-order chi connectivity index (χ1) is 13.7. The molecule has 6 nitrogen and oxygen atoms in total. The van der Waals surface area contributed by atoms with Crippen molar-refractivity contribution in [1.29, 1.82) is 0 Å². The summed E-state index contributed by atoms with van der Waals surface area (Å²) in [6, 6.07) is 14.5. The highest BCUT2D eigenvalue weighted by Crippen LogP contribution is 2.24. The Kier molecular flexibility index (Phi) is 5.88. The Morgan fingerprint density at radius 3 is 2.89 bits per heavy atom. The minimum atomic E-state index is 0.630. The number of hydrogen-bond donors (Lipinski definition) is 1. The lowest BCUT2D eigenvalue weighted by molar-refractivity contribution is 0.117. The molecule has 0 amide bonds. The molecule has 0 saturated carbocycles. The number of nitrogens with one attached hydrogen (secondary N) is 1. The Bertz CT molecular complexity index is 908. The Hall–Kier alpha value is -2.44. The molecule has 1 N–H and O–H groups in total. The van der Waals surface area contributed by atoms with Gasteiger partial charge in [-0.25, -0.2) is 4.98 Å². The quantitative estimate of drug-likeness (QED) is 0.681. The number of methoxy groups -OCH3 is 1. The molecule has 1 saturated heterocycles. The molecule has 3 aromatic rings. The molecule has 28 heavy (non-hydrogen) atoms. The van der Waals surface area contributed by atoms with E-state index in [2.05, 4.69) is 33.5 Å². The van der Waals surface area contributed by atoms with Gasteiger partial charge in [0.1, 0.15) is 5.82 Å². The summed E-state index contributed by atoms with van der Waals surface area (Å²) in [5.74, 6) is 1.64. The topological polar surface area (TPSA) is 54.7 Å². The predicted octanol–water partition coefficient (Wildman–Crippen LogP) is 3.48. The molecule has 1 aliphatic rings. The van der Waals surface area contributed by atoms with E-state index in [1.165, 1.54) is 19.4 Å². The maximum absolute atomic E-state index is 5.24. The largest absolute Gasteiger partial charge is 0.383 e. The summed E-state index contributed by atoms with van der Waals surface area (Å²) < 4.78 is 7.16. The second-order valence-corrected chi connectivity index (χ2v) is 7.63. The van der Waals surface area contributed by atoms with E-state index in [9.17, 15) is 0 Å². The van der Waals surface area contributed by atoms with Crippen LogP contribution in [0.1, 0.15) is 18.5 Å². The average Bonchev–Trinajstić information content (AvgIpc) is 3.11. The van der Waals surface area contributed by atoms with Gasteiger partial charge in [-0.1, -0.05) is 30.3 Å². The fourth-order valence-electron chi connectivity index (χ4n) is 3.96. The molecule has 1 aliphatic heterocycles. The van der Waals surface area contributed by atoms with Crippen LogP contribution in [0.2, 0.25) is 0 Å². The van der Waals surface area contributed by atoms with Gasteiger partial charge in [0.05, 0.1) is 18.0 Å². The molecular weight excluding hydrogens is 350 g/mol. The molecule has 3 heterocycles. The van der Waals surface area contributed by atoms with Crippen molar-refractivity contribution in [2.45, 2.75) is 19.8 Å². The van der Waals surface area contributed by atoms with E-state index in [4.69, 9.17) is 9.72 Å². The molecule has 4 rings (SSSR count). The van der Waals surface area contributed by atoms with E-state index in [1.54, 1.807) is 7.11 Å².